The lowest BCUT2D eigenvalue weighted by Crippen LogP contribution is -2.19. The van der Waals surface area contributed by atoms with Crippen LogP contribution in [0.2, 0.25) is 0 Å². The van der Waals surface area contributed by atoms with Gasteiger partial charge in [-0.3, -0.25) is 0 Å². The summed E-state index contributed by atoms with van der Waals surface area (Å²) in [7, 11) is 0. The topological polar surface area (TPSA) is 105 Å². The van der Waals surface area contributed by atoms with Crippen molar-refractivity contribution < 1.29 is 19.1 Å². The molecule has 0 heterocycles. The van der Waals surface area contributed by atoms with Gasteiger partial charge in [-0.25, -0.2) is 9.59 Å². The Morgan fingerprint density at radius 2 is 1.89 bits per heavy atom. The Balaban J connectivity index is 1.27. The Morgan fingerprint density at radius 3 is 2.60 bits per heavy atom. The second kappa shape index (κ2) is 10.4. The van der Waals surface area contributed by atoms with Crippen LogP contribution in [0.25, 0.3) is 6.08 Å². The van der Waals surface area contributed by atoms with Gasteiger partial charge in [0.1, 0.15) is 6.10 Å². The molecular weight excluding hydrogens is 440 g/mol. The number of anilines is 2. The van der Waals surface area contributed by atoms with Gasteiger partial charge in [-0.15, -0.1) is 0 Å². The predicted molar refractivity (Wildman–Crippen MR) is 138 cm³/mol. The highest BCUT2D eigenvalue weighted by molar-refractivity contribution is 5.87. The molecule has 0 bridgehead atoms. The number of nitrogen functional groups attached to an aromatic ring is 2. The van der Waals surface area contributed by atoms with Gasteiger partial charge in [-0.05, 0) is 85.3 Å². The summed E-state index contributed by atoms with van der Waals surface area (Å²) in [6, 6.07) is 13.7. The fourth-order valence-electron chi connectivity index (χ4n) is 5.12. The van der Waals surface area contributed by atoms with E-state index in [4.69, 9.17) is 20.9 Å². The molecule has 35 heavy (non-hydrogen) atoms. The number of benzene rings is 2. The molecule has 2 aromatic rings. The van der Waals surface area contributed by atoms with Crippen LogP contribution in [0.4, 0.5) is 11.4 Å². The third-order valence-corrected chi connectivity index (χ3v) is 7.29. The molecule has 6 nitrogen and oxygen atoms in total. The Kier molecular flexibility index (Phi) is 7.29. The van der Waals surface area contributed by atoms with Crippen LogP contribution < -0.4 is 11.5 Å². The third kappa shape index (κ3) is 5.94. The SMILES string of the molecule is C=C(C)C(=O)OC1CCC2CC2(c2ccc(/C=C/C(=O)OCCc3ccc(N)cc3N)cc2)CC1. The van der Waals surface area contributed by atoms with Gasteiger partial charge >= 0.3 is 11.9 Å². The van der Waals surface area contributed by atoms with Crippen molar-refractivity contribution in [3.63, 3.8) is 0 Å². The van der Waals surface area contributed by atoms with Crippen molar-refractivity contribution >= 4 is 29.4 Å². The van der Waals surface area contributed by atoms with Gasteiger partial charge in [-0.1, -0.05) is 36.9 Å². The fourth-order valence-corrected chi connectivity index (χ4v) is 5.12. The zero-order chi connectivity index (χ0) is 25.0. The van der Waals surface area contributed by atoms with Gasteiger partial charge in [-0.2, -0.15) is 0 Å². The number of esters is 2. The average Bonchev–Trinajstić information content (AvgIpc) is 3.57. The van der Waals surface area contributed by atoms with E-state index in [-0.39, 0.29) is 30.1 Å². The number of carbonyl (C=O) groups excluding carboxylic acids is 2. The second-order valence-electron chi connectivity index (χ2n) is 9.81. The molecule has 184 valence electrons. The molecule has 3 unspecified atom stereocenters. The van der Waals surface area contributed by atoms with E-state index >= 15 is 0 Å². The number of ether oxygens (including phenoxy) is 2. The molecule has 4 rings (SSSR count). The van der Waals surface area contributed by atoms with E-state index in [1.165, 1.54) is 18.1 Å². The summed E-state index contributed by atoms with van der Waals surface area (Å²) in [6.45, 7) is 5.62. The van der Waals surface area contributed by atoms with Crippen molar-refractivity contribution in [2.75, 3.05) is 18.1 Å². The maximum absolute atomic E-state index is 12.1. The van der Waals surface area contributed by atoms with E-state index in [9.17, 15) is 9.59 Å². The van der Waals surface area contributed by atoms with Crippen molar-refractivity contribution in [1.82, 2.24) is 0 Å². The molecule has 2 aromatic carbocycles. The first-order chi connectivity index (χ1) is 16.8. The highest BCUT2D eigenvalue weighted by atomic mass is 16.5. The highest BCUT2D eigenvalue weighted by Gasteiger charge is 2.55. The zero-order valence-corrected chi connectivity index (χ0v) is 20.3. The largest absolute Gasteiger partial charge is 0.462 e. The standard InChI is InChI=1S/C29H34N2O4/c1-19(2)28(33)35-25-11-9-23-18-29(23,15-13-25)22-7-3-20(4-8-22)5-12-27(32)34-16-14-21-6-10-24(30)17-26(21)31/h3-8,10,12,17,23,25H,1,9,11,13-16,18,30-31H2,2H3/b12-5+. The van der Waals surface area contributed by atoms with Gasteiger partial charge in [0.15, 0.2) is 0 Å². The lowest BCUT2D eigenvalue weighted by atomic mass is 9.88. The molecule has 2 aliphatic carbocycles. The number of carbonyl (C=O) groups is 2. The van der Waals surface area contributed by atoms with Crippen LogP contribution in [0.3, 0.4) is 0 Å². The minimum atomic E-state index is -0.386. The van der Waals surface area contributed by atoms with Crippen LogP contribution in [0, 0.1) is 5.92 Å². The van der Waals surface area contributed by atoms with E-state index in [2.05, 4.69) is 18.7 Å². The van der Waals surface area contributed by atoms with E-state index in [1.807, 2.05) is 18.2 Å². The number of hydrogen-bond donors (Lipinski definition) is 2. The lowest BCUT2D eigenvalue weighted by Gasteiger charge is -2.19. The van der Waals surface area contributed by atoms with Gasteiger partial charge in [0.2, 0.25) is 0 Å². The zero-order valence-electron chi connectivity index (χ0n) is 20.3. The summed E-state index contributed by atoms with van der Waals surface area (Å²) >= 11 is 0. The quantitative estimate of drug-likeness (QED) is 0.318. The second-order valence-corrected chi connectivity index (χ2v) is 9.81. The van der Waals surface area contributed by atoms with Crippen LogP contribution in [0.15, 0.2) is 60.7 Å². The summed E-state index contributed by atoms with van der Waals surface area (Å²) in [4.78, 5) is 24.0. The maximum atomic E-state index is 12.1. The predicted octanol–water partition coefficient (Wildman–Crippen LogP) is 4.97. The molecular formula is C29H34N2O4. The highest BCUT2D eigenvalue weighted by Crippen LogP contribution is 2.61. The van der Waals surface area contributed by atoms with Crippen molar-refractivity contribution in [2.45, 2.75) is 57.0 Å². The number of hydrogen-bond acceptors (Lipinski definition) is 6. The summed E-state index contributed by atoms with van der Waals surface area (Å²) in [5.41, 5.74) is 16.7. The van der Waals surface area contributed by atoms with Crippen LogP contribution in [0.5, 0.6) is 0 Å². The summed E-state index contributed by atoms with van der Waals surface area (Å²) in [5, 5.41) is 0. The van der Waals surface area contributed by atoms with E-state index in [1.54, 1.807) is 25.1 Å². The molecule has 2 aliphatic rings. The minimum Gasteiger partial charge on any atom is -0.462 e. The van der Waals surface area contributed by atoms with E-state index in [0.717, 1.165) is 36.8 Å². The summed E-state index contributed by atoms with van der Waals surface area (Å²) < 4.78 is 10.9. The van der Waals surface area contributed by atoms with Crippen molar-refractivity contribution in [2.24, 2.45) is 5.92 Å². The lowest BCUT2D eigenvalue weighted by molar-refractivity contribution is -0.145. The molecule has 0 spiro atoms. The molecule has 3 atom stereocenters. The van der Waals surface area contributed by atoms with Gasteiger partial charge in [0.05, 0.1) is 6.61 Å². The van der Waals surface area contributed by atoms with Crippen LogP contribution >= 0.6 is 0 Å². The molecule has 0 radical (unpaired) electrons. The molecule has 0 aliphatic heterocycles. The number of nitrogens with two attached hydrogens (primary N) is 2. The van der Waals surface area contributed by atoms with Gasteiger partial charge < -0.3 is 20.9 Å². The number of fused-ring (bicyclic) bond motifs is 1. The van der Waals surface area contributed by atoms with Crippen LogP contribution in [-0.4, -0.2) is 24.6 Å². The normalized spacial score (nSPS) is 23.2. The van der Waals surface area contributed by atoms with Gasteiger partial charge in [0, 0.05) is 29.4 Å². The minimum absolute atomic E-state index is 0.0199. The Hall–Kier alpha value is -3.54. The molecule has 0 saturated heterocycles. The van der Waals surface area contributed by atoms with Crippen LogP contribution in [-0.2, 0) is 30.9 Å². The van der Waals surface area contributed by atoms with Crippen LogP contribution in [0.1, 0.15) is 55.7 Å². The first-order valence-electron chi connectivity index (χ1n) is 12.2. The van der Waals surface area contributed by atoms with E-state index in [0.29, 0.717) is 29.3 Å². The maximum Gasteiger partial charge on any atom is 0.333 e. The monoisotopic (exact) mass is 474 g/mol. The summed E-state index contributed by atoms with van der Waals surface area (Å²) in [5.74, 6) is -0.0331. The smallest absolute Gasteiger partial charge is 0.333 e. The average molecular weight is 475 g/mol. The van der Waals surface area contributed by atoms with Crippen molar-refractivity contribution in [3.05, 3.63) is 77.4 Å². The summed E-state index contributed by atoms with van der Waals surface area (Å²) in [6.07, 6.45) is 8.82. The number of rotatable bonds is 8. The Morgan fingerprint density at radius 1 is 1.11 bits per heavy atom. The molecule has 0 amide bonds. The van der Waals surface area contributed by atoms with Crippen molar-refractivity contribution in [3.8, 4) is 0 Å². The molecule has 2 fully saturated rings. The Bertz CT molecular complexity index is 1140. The van der Waals surface area contributed by atoms with Crippen molar-refractivity contribution in [1.29, 1.82) is 0 Å². The van der Waals surface area contributed by atoms with E-state index < -0.39 is 0 Å². The Labute approximate surface area is 207 Å². The van der Waals surface area contributed by atoms with Gasteiger partial charge in [0.25, 0.3) is 0 Å². The molecule has 4 N–H and O–H groups in total. The first kappa shape index (κ1) is 24.6. The molecule has 6 heteroatoms. The molecule has 2 saturated carbocycles. The first-order valence-corrected chi connectivity index (χ1v) is 12.2. The third-order valence-electron chi connectivity index (χ3n) is 7.29. The molecule has 0 aromatic heterocycles. The fraction of sp³-hybridized carbons (Fsp3) is 0.379.